The highest BCUT2D eigenvalue weighted by molar-refractivity contribution is 5.77. The molecular weight excluding hydrogens is 202 g/mol. The third-order valence-electron chi connectivity index (χ3n) is 2.91. The van der Waals surface area contributed by atoms with Crippen LogP contribution < -0.4 is 5.73 Å². The molecule has 2 rings (SSSR count). The molecule has 1 fully saturated rings. The minimum atomic E-state index is 0.301. The first-order valence-electron chi connectivity index (χ1n) is 5.74. The zero-order valence-electron chi connectivity index (χ0n) is 9.35. The van der Waals surface area contributed by atoms with Crippen molar-refractivity contribution in [1.29, 1.82) is 0 Å². The van der Waals surface area contributed by atoms with Gasteiger partial charge in [-0.1, -0.05) is 6.07 Å². The summed E-state index contributed by atoms with van der Waals surface area (Å²) < 4.78 is 0. The van der Waals surface area contributed by atoms with E-state index in [2.05, 4.69) is 4.98 Å². The van der Waals surface area contributed by atoms with Crippen molar-refractivity contribution in [3.63, 3.8) is 0 Å². The second-order valence-corrected chi connectivity index (χ2v) is 4.18. The summed E-state index contributed by atoms with van der Waals surface area (Å²) in [5.74, 6) is 0.855. The SMILES string of the molecule is Nc1ccc(CCCN2CCCC2=O)cn1. The number of nitrogen functional groups attached to an aromatic ring is 1. The number of carbonyl (C=O) groups is 1. The van der Waals surface area contributed by atoms with Crippen LogP contribution >= 0.6 is 0 Å². The van der Waals surface area contributed by atoms with Crippen LogP contribution in [-0.2, 0) is 11.2 Å². The summed E-state index contributed by atoms with van der Waals surface area (Å²) in [5, 5.41) is 0. The number of nitrogens with zero attached hydrogens (tertiary/aromatic N) is 2. The number of hydrogen-bond donors (Lipinski definition) is 1. The molecule has 0 saturated carbocycles. The molecule has 1 aliphatic heterocycles. The Hall–Kier alpha value is -1.58. The number of anilines is 1. The Balaban J connectivity index is 1.75. The summed E-state index contributed by atoms with van der Waals surface area (Å²) in [5.41, 5.74) is 6.69. The number of carbonyl (C=O) groups excluding carboxylic acids is 1. The molecule has 1 aliphatic rings. The second kappa shape index (κ2) is 4.96. The predicted molar refractivity (Wildman–Crippen MR) is 62.8 cm³/mol. The number of aromatic nitrogens is 1. The summed E-state index contributed by atoms with van der Waals surface area (Å²) in [4.78, 5) is 17.3. The zero-order chi connectivity index (χ0) is 11.4. The summed E-state index contributed by atoms with van der Waals surface area (Å²) in [6.07, 6.45) is 5.50. The van der Waals surface area contributed by atoms with E-state index in [9.17, 15) is 4.79 Å². The Morgan fingerprint density at radius 2 is 2.31 bits per heavy atom. The first kappa shape index (κ1) is 10.9. The van der Waals surface area contributed by atoms with E-state index in [0.717, 1.165) is 38.8 Å². The van der Waals surface area contributed by atoms with Gasteiger partial charge in [-0.3, -0.25) is 4.79 Å². The van der Waals surface area contributed by atoms with Crippen molar-refractivity contribution in [2.75, 3.05) is 18.8 Å². The van der Waals surface area contributed by atoms with Crippen molar-refractivity contribution in [2.45, 2.75) is 25.7 Å². The van der Waals surface area contributed by atoms with E-state index in [1.807, 2.05) is 17.0 Å². The highest BCUT2D eigenvalue weighted by atomic mass is 16.2. The van der Waals surface area contributed by atoms with Gasteiger partial charge in [0.2, 0.25) is 5.91 Å². The average Bonchev–Trinajstić information content (AvgIpc) is 2.68. The minimum absolute atomic E-state index is 0.301. The first-order valence-corrected chi connectivity index (χ1v) is 5.74. The van der Waals surface area contributed by atoms with E-state index >= 15 is 0 Å². The van der Waals surface area contributed by atoms with Gasteiger partial charge in [0.25, 0.3) is 0 Å². The Bertz CT molecular complexity index is 361. The van der Waals surface area contributed by atoms with Gasteiger partial charge >= 0.3 is 0 Å². The normalized spacial score (nSPS) is 15.8. The summed E-state index contributed by atoms with van der Waals surface area (Å²) in [6, 6.07) is 3.81. The lowest BCUT2D eigenvalue weighted by Crippen LogP contribution is -2.25. The van der Waals surface area contributed by atoms with Crippen LogP contribution in [0.3, 0.4) is 0 Å². The topological polar surface area (TPSA) is 59.2 Å². The highest BCUT2D eigenvalue weighted by Gasteiger charge is 2.18. The molecule has 4 nitrogen and oxygen atoms in total. The van der Waals surface area contributed by atoms with Gasteiger partial charge in [0.1, 0.15) is 5.82 Å². The van der Waals surface area contributed by atoms with Gasteiger partial charge in [0, 0.05) is 25.7 Å². The summed E-state index contributed by atoms with van der Waals surface area (Å²) >= 11 is 0. The molecule has 0 aliphatic carbocycles. The van der Waals surface area contributed by atoms with E-state index < -0.39 is 0 Å². The van der Waals surface area contributed by atoms with Gasteiger partial charge in [-0.15, -0.1) is 0 Å². The quantitative estimate of drug-likeness (QED) is 0.828. The number of amides is 1. The molecule has 1 aromatic rings. The number of likely N-dealkylation sites (tertiary alicyclic amines) is 1. The van der Waals surface area contributed by atoms with E-state index in [0.29, 0.717) is 11.7 Å². The second-order valence-electron chi connectivity index (χ2n) is 4.18. The zero-order valence-corrected chi connectivity index (χ0v) is 9.35. The molecule has 86 valence electrons. The van der Waals surface area contributed by atoms with E-state index in [1.165, 1.54) is 5.56 Å². The standard InChI is InChI=1S/C12H17N3O/c13-11-6-5-10(9-14-11)3-1-7-15-8-2-4-12(15)16/h5-6,9H,1-4,7-8H2,(H2,13,14). The molecule has 0 aromatic carbocycles. The summed E-state index contributed by atoms with van der Waals surface area (Å²) in [6.45, 7) is 1.79. The smallest absolute Gasteiger partial charge is 0.222 e. The van der Waals surface area contributed by atoms with Crippen LogP contribution in [0.1, 0.15) is 24.8 Å². The number of rotatable bonds is 4. The molecule has 0 atom stereocenters. The number of nitrogens with two attached hydrogens (primary N) is 1. The monoisotopic (exact) mass is 219 g/mol. The van der Waals surface area contributed by atoms with Gasteiger partial charge in [0.05, 0.1) is 0 Å². The molecular formula is C12H17N3O. The fourth-order valence-corrected chi connectivity index (χ4v) is 2.00. The number of hydrogen-bond acceptors (Lipinski definition) is 3. The minimum Gasteiger partial charge on any atom is -0.384 e. The molecule has 0 radical (unpaired) electrons. The Morgan fingerprint density at radius 3 is 2.94 bits per heavy atom. The largest absolute Gasteiger partial charge is 0.384 e. The van der Waals surface area contributed by atoms with Gasteiger partial charge < -0.3 is 10.6 Å². The van der Waals surface area contributed by atoms with Crippen LogP contribution in [0.4, 0.5) is 5.82 Å². The molecule has 4 heteroatoms. The van der Waals surface area contributed by atoms with Crippen LogP contribution in [0.5, 0.6) is 0 Å². The van der Waals surface area contributed by atoms with Crippen LogP contribution in [0.2, 0.25) is 0 Å². The maximum absolute atomic E-state index is 11.4. The molecule has 0 unspecified atom stereocenters. The molecule has 2 N–H and O–H groups in total. The third kappa shape index (κ3) is 2.72. The van der Waals surface area contributed by atoms with E-state index in [1.54, 1.807) is 6.20 Å². The number of aryl methyl sites for hydroxylation is 1. The Labute approximate surface area is 95.5 Å². The number of pyridine rings is 1. The van der Waals surface area contributed by atoms with Crippen molar-refractivity contribution in [2.24, 2.45) is 0 Å². The van der Waals surface area contributed by atoms with E-state index in [-0.39, 0.29) is 0 Å². The molecule has 1 amide bonds. The van der Waals surface area contributed by atoms with Crippen molar-refractivity contribution in [3.05, 3.63) is 23.9 Å². The molecule has 0 spiro atoms. The Morgan fingerprint density at radius 1 is 1.44 bits per heavy atom. The fraction of sp³-hybridized carbons (Fsp3) is 0.500. The maximum atomic E-state index is 11.4. The van der Waals surface area contributed by atoms with Gasteiger partial charge in [-0.05, 0) is 30.9 Å². The Kier molecular flexibility index (Phi) is 3.39. The maximum Gasteiger partial charge on any atom is 0.222 e. The summed E-state index contributed by atoms with van der Waals surface area (Å²) in [7, 11) is 0. The van der Waals surface area contributed by atoms with Gasteiger partial charge in [0.15, 0.2) is 0 Å². The molecule has 16 heavy (non-hydrogen) atoms. The van der Waals surface area contributed by atoms with E-state index in [4.69, 9.17) is 5.73 Å². The van der Waals surface area contributed by atoms with Gasteiger partial charge in [-0.2, -0.15) is 0 Å². The third-order valence-corrected chi connectivity index (χ3v) is 2.91. The molecule has 1 aromatic heterocycles. The van der Waals surface area contributed by atoms with Crippen LogP contribution in [0, 0.1) is 0 Å². The van der Waals surface area contributed by atoms with Crippen molar-refractivity contribution < 1.29 is 4.79 Å². The lowest BCUT2D eigenvalue weighted by Gasteiger charge is -2.14. The lowest BCUT2D eigenvalue weighted by molar-refractivity contribution is -0.127. The lowest BCUT2D eigenvalue weighted by atomic mass is 10.1. The highest BCUT2D eigenvalue weighted by Crippen LogP contribution is 2.11. The van der Waals surface area contributed by atoms with Crippen LogP contribution in [0.15, 0.2) is 18.3 Å². The van der Waals surface area contributed by atoms with Crippen molar-refractivity contribution in [1.82, 2.24) is 9.88 Å². The van der Waals surface area contributed by atoms with Crippen molar-refractivity contribution in [3.8, 4) is 0 Å². The predicted octanol–water partition coefficient (Wildman–Crippen LogP) is 1.22. The first-order chi connectivity index (χ1) is 7.75. The fourth-order valence-electron chi connectivity index (χ4n) is 2.00. The van der Waals surface area contributed by atoms with Crippen LogP contribution in [-0.4, -0.2) is 28.9 Å². The van der Waals surface area contributed by atoms with Crippen LogP contribution in [0.25, 0.3) is 0 Å². The van der Waals surface area contributed by atoms with Crippen molar-refractivity contribution >= 4 is 11.7 Å². The average molecular weight is 219 g/mol. The molecule has 2 heterocycles. The molecule has 1 saturated heterocycles. The molecule has 0 bridgehead atoms. The van der Waals surface area contributed by atoms with Gasteiger partial charge in [-0.25, -0.2) is 4.98 Å².